The molecule has 19 heavy (non-hydrogen) atoms. The van der Waals surface area contributed by atoms with Crippen molar-refractivity contribution in [2.75, 3.05) is 19.7 Å². The third kappa shape index (κ3) is 10.5. The molecule has 0 saturated heterocycles. The van der Waals surface area contributed by atoms with Crippen LogP contribution in [-0.4, -0.2) is 43.8 Å². The number of hydrogen-bond donors (Lipinski definition) is 3. The third-order valence-electron chi connectivity index (χ3n) is 2.44. The van der Waals surface area contributed by atoms with E-state index in [-0.39, 0.29) is 18.1 Å². The number of imide groups is 1. The van der Waals surface area contributed by atoms with Gasteiger partial charge in [0.2, 0.25) is 5.91 Å². The second-order valence-corrected chi connectivity index (χ2v) is 4.65. The van der Waals surface area contributed by atoms with Gasteiger partial charge < -0.3 is 15.4 Å². The number of carbonyl (C=O) groups excluding carboxylic acids is 2. The number of unbranched alkanes of at least 4 members (excludes halogenated alkanes) is 1. The van der Waals surface area contributed by atoms with Gasteiger partial charge in [-0.15, -0.1) is 0 Å². The van der Waals surface area contributed by atoms with E-state index in [2.05, 4.69) is 16.0 Å². The highest BCUT2D eigenvalue weighted by molar-refractivity contribution is 5.96. The molecule has 6 nitrogen and oxygen atoms in total. The predicted octanol–water partition coefficient (Wildman–Crippen LogP) is 1.02. The van der Waals surface area contributed by atoms with Gasteiger partial charge in [-0.25, -0.2) is 4.79 Å². The Morgan fingerprint density at radius 1 is 1.16 bits per heavy atom. The molecule has 0 bridgehead atoms. The highest BCUT2D eigenvalue weighted by atomic mass is 16.5. The summed E-state index contributed by atoms with van der Waals surface area (Å²) >= 11 is 0. The minimum absolute atomic E-state index is 0.259. The Balaban J connectivity index is 3.59. The minimum atomic E-state index is -0.452. The standard InChI is InChI=1S/C13H27N3O3/c1-5-14-13(18)16-12(17)11(4)15-8-6-7-9-19-10(2)3/h10-11,15H,5-9H2,1-4H3,(H2,14,16,17,18). The molecule has 0 aliphatic carbocycles. The van der Waals surface area contributed by atoms with E-state index >= 15 is 0 Å². The topological polar surface area (TPSA) is 79.5 Å². The van der Waals surface area contributed by atoms with Crippen molar-refractivity contribution in [1.29, 1.82) is 0 Å². The summed E-state index contributed by atoms with van der Waals surface area (Å²) in [4.78, 5) is 22.7. The van der Waals surface area contributed by atoms with E-state index < -0.39 is 6.03 Å². The number of rotatable bonds is 9. The molecule has 3 amide bonds. The summed E-state index contributed by atoms with van der Waals surface area (Å²) < 4.78 is 5.42. The van der Waals surface area contributed by atoms with E-state index in [1.54, 1.807) is 13.8 Å². The number of urea groups is 1. The molecule has 0 heterocycles. The van der Waals surface area contributed by atoms with Crippen LogP contribution in [-0.2, 0) is 9.53 Å². The summed E-state index contributed by atoms with van der Waals surface area (Å²) in [5, 5.41) is 7.85. The first kappa shape index (κ1) is 17.9. The zero-order valence-corrected chi connectivity index (χ0v) is 12.4. The van der Waals surface area contributed by atoms with Gasteiger partial charge in [0.15, 0.2) is 0 Å². The van der Waals surface area contributed by atoms with Crippen LogP contribution in [0.25, 0.3) is 0 Å². The first-order chi connectivity index (χ1) is 8.97. The van der Waals surface area contributed by atoms with Crippen LogP contribution in [0.1, 0.15) is 40.5 Å². The van der Waals surface area contributed by atoms with Crippen molar-refractivity contribution in [2.24, 2.45) is 0 Å². The summed E-state index contributed by atoms with van der Waals surface area (Å²) in [6.07, 6.45) is 2.15. The number of amides is 3. The zero-order chi connectivity index (χ0) is 14.7. The number of ether oxygens (including phenoxy) is 1. The van der Waals surface area contributed by atoms with Crippen LogP contribution < -0.4 is 16.0 Å². The summed E-state index contributed by atoms with van der Waals surface area (Å²) in [6.45, 7) is 9.50. The Morgan fingerprint density at radius 2 is 1.84 bits per heavy atom. The van der Waals surface area contributed by atoms with Crippen LogP contribution in [0.5, 0.6) is 0 Å². The Kier molecular flexibility index (Phi) is 10.1. The molecule has 0 spiro atoms. The largest absolute Gasteiger partial charge is 0.379 e. The predicted molar refractivity (Wildman–Crippen MR) is 75.0 cm³/mol. The summed E-state index contributed by atoms with van der Waals surface area (Å²) in [6, 6.07) is -0.833. The van der Waals surface area contributed by atoms with Crippen molar-refractivity contribution in [1.82, 2.24) is 16.0 Å². The quantitative estimate of drug-likeness (QED) is 0.548. The van der Waals surface area contributed by atoms with Crippen LogP contribution in [0.3, 0.4) is 0 Å². The third-order valence-corrected chi connectivity index (χ3v) is 2.44. The van der Waals surface area contributed by atoms with Gasteiger partial charge in [-0.1, -0.05) is 0 Å². The van der Waals surface area contributed by atoms with E-state index in [9.17, 15) is 9.59 Å². The fraction of sp³-hybridized carbons (Fsp3) is 0.846. The van der Waals surface area contributed by atoms with E-state index in [1.165, 1.54) is 0 Å². The molecular weight excluding hydrogens is 246 g/mol. The second kappa shape index (κ2) is 10.8. The molecule has 0 aromatic rings. The fourth-order valence-electron chi connectivity index (χ4n) is 1.38. The second-order valence-electron chi connectivity index (χ2n) is 4.65. The molecule has 0 saturated carbocycles. The Labute approximate surface area is 115 Å². The van der Waals surface area contributed by atoms with Crippen molar-refractivity contribution in [3.8, 4) is 0 Å². The Bertz CT molecular complexity index is 270. The molecule has 0 fully saturated rings. The fourth-order valence-corrected chi connectivity index (χ4v) is 1.38. The van der Waals surface area contributed by atoms with Crippen LogP contribution >= 0.6 is 0 Å². The van der Waals surface area contributed by atoms with Crippen molar-refractivity contribution in [2.45, 2.75) is 52.7 Å². The molecule has 6 heteroatoms. The normalized spacial score (nSPS) is 12.3. The van der Waals surface area contributed by atoms with Crippen LogP contribution in [0, 0.1) is 0 Å². The lowest BCUT2D eigenvalue weighted by molar-refractivity contribution is -0.121. The summed E-state index contributed by atoms with van der Waals surface area (Å²) in [7, 11) is 0. The van der Waals surface area contributed by atoms with E-state index in [1.807, 2.05) is 13.8 Å². The number of carbonyl (C=O) groups is 2. The smallest absolute Gasteiger partial charge is 0.321 e. The van der Waals surface area contributed by atoms with Gasteiger partial charge in [-0.2, -0.15) is 0 Å². The maximum absolute atomic E-state index is 11.6. The Morgan fingerprint density at radius 3 is 2.42 bits per heavy atom. The molecule has 0 aliphatic rings. The van der Waals surface area contributed by atoms with Crippen LogP contribution in [0.2, 0.25) is 0 Å². The molecule has 0 aromatic heterocycles. The minimum Gasteiger partial charge on any atom is -0.379 e. The van der Waals surface area contributed by atoms with Gasteiger partial charge >= 0.3 is 6.03 Å². The van der Waals surface area contributed by atoms with Crippen molar-refractivity contribution in [3.05, 3.63) is 0 Å². The lowest BCUT2D eigenvalue weighted by Gasteiger charge is -2.13. The van der Waals surface area contributed by atoms with Gasteiger partial charge in [0.05, 0.1) is 12.1 Å². The molecular formula is C13H27N3O3. The van der Waals surface area contributed by atoms with Crippen LogP contribution in [0.15, 0.2) is 0 Å². The lowest BCUT2D eigenvalue weighted by atomic mass is 10.2. The maximum atomic E-state index is 11.6. The molecule has 1 unspecified atom stereocenters. The Hall–Kier alpha value is -1.14. The van der Waals surface area contributed by atoms with Crippen LogP contribution in [0.4, 0.5) is 4.79 Å². The summed E-state index contributed by atoms with van der Waals surface area (Å²) in [5.74, 6) is -0.315. The lowest BCUT2D eigenvalue weighted by Crippen LogP contribution is -2.48. The summed E-state index contributed by atoms with van der Waals surface area (Å²) in [5.41, 5.74) is 0. The van der Waals surface area contributed by atoms with E-state index in [0.29, 0.717) is 6.54 Å². The SMILES string of the molecule is CCNC(=O)NC(=O)C(C)NCCCCOC(C)C. The molecule has 0 radical (unpaired) electrons. The zero-order valence-electron chi connectivity index (χ0n) is 12.4. The highest BCUT2D eigenvalue weighted by Crippen LogP contribution is 1.94. The van der Waals surface area contributed by atoms with Crippen molar-refractivity contribution < 1.29 is 14.3 Å². The van der Waals surface area contributed by atoms with Crippen molar-refractivity contribution in [3.63, 3.8) is 0 Å². The van der Waals surface area contributed by atoms with Gasteiger partial charge in [0.1, 0.15) is 0 Å². The molecule has 1 atom stereocenters. The average Bonchev–Trinajstić information content (AvgIpc) is 2.33. The first-order valence-corrected chi connectivity index (χ1v) is 6.91. The highest BCUT2D eigenvalue weighted by Gasteiger charge is 2.14. The molecule has 0 aliphatic heterocycles. The number of hydrogen-bond acceptors (Lipinski definition) is 4. The first-order valence-electron chi connectivity index (χ1n) is 6.91. The van der Waals surface area contributed by atoms with Gasteiger partial charge in [-0.05, 0) is 47.1 Å². The van der Waals surface area contributed by atoms with Gasteiger partial charge in [0.25, 0.3) is 0 Å². The van der Waals surface area contributed by atoms with Gasteiger partial charge in [-0.3, -0.25) is 10.1 Å². The number of nitrogens with one attached hydrogen (secondary N) is 3. The maximum Gasteiger partial charge on any atom is 0.321 e. The van der Waals surface area contributed by atoms with E-state index in [4.69, 9.17) is 4.74 Å². The van der Waals surface area contributed by atoms with Gasteiger partial charge in [0, 0.05) is 13.2 Å². The monoisotopic (exact) mass is 273 g/mol. The molecule has 0 rings (SSSR count). The van der Waals surface area contributed by atoms with E-state index in [0.717, 1.165) is 26.0 Å². The van der Waals surface area contributed by atoms with Crippen molar-refractivity contribution >= 4 is 11.9 Å². The average molecular weight is 273 g/mol. The molecule has 112 valence electrons. The molecule has 3 N–H and O–H groups in total. The molecule has 0 aromatic carbocycles.